The zero-order chi connectivity index (χ0) is 45.6. The topological polar surface area (TPSA) is 288 Å². The second kappa shape index (κ2) is 33.2. The average molecular weight is 873 g/mol. The summed E-state index contributed by atoms with van der Waals surface area (Å²) >= 11 is 0. The summed E-state index contributed by atoms with van der Waals surface area (Å²) in [4.78, 5) is 73.5. The smallest absolute Gasteiger partial charge is 0.326 e. The first kappa shape index (κ1) is 55.6. The molecule has 1 saturated heterocycles. The molecule has 11 N–H and O–H groups in total. The second-order valence-corrected chi connectivity index (χ2v) is 16.5. The van der Waals surface area contributed by atoms with E-state index in [0.717, 1.165) is 19.3 Å². The monoisotopic (exact) mass is 873 g/mol. The Balaban J connectivity index is 2.31. The Morgan fingerprint density at radius 1 is 0.738 bits per heavy atom. The van der Waals surface area contributed by atoms with Crippen molar-refractivity contribution < 1.29 is 58.7 Å². The van der Waals surface area contributed by atoms with Gasteiger partial charge in [0.1, 0.15) is 36.4 Å². The number of carbonyl (C=O) groups is 6. The molecule has 1 aliphatic heterocycles. The molecule has 18 heteroatoms. The van der Waals surface area contributed by atoms with Crippen molar-refractivity contribution in [1.82, 2.24) is 26.6 Å². The summed E-state index contributed by atoms with van der Waals surface area (Å²) in [5, 5.41) is 53.4. The number of carboxylic acids is 1. The Morgan fingerprint density at radius 3 is 1.84 bits per heavy atom. The summed E-state index contributed by atoms with van der Waals surface area (Å²) < 4.78 is 11.1. The number of amides is 5. The van der Waals surface area contributed by atoms with E-state index in [1.54, 1.807) is 6.92 Å². The van der Waals surface area contributed by atoms with Crippen molar-refractivity contribution in [3.8, 4) is 0 Å². The number of aliphatic hydroxyl groups is 3. The van der Waals surface area contributed by atoms with E-state index >= 15 is 0 Å². The van der Waals surface area contributed by atoms with Crippen LogP contribution >= 0.6 is 0 Å². The van der Waals surface area contributed by atoms with E-state index in [-0.39, 0.29) is 31.7 Å². The lowest BCUT2D eigenvalue weighted by molar-refractivity contribution is -0.267. The van der Waals surface area contributed by atoms with Gasteiger partial charge in [0, 0.05) is 32.9 Å². The first-order valence-electron chi connectivity index (χ1n) is 22.8. The number of aliphatic carboxylic acids is 1. The first-order valence-corrected chi connectivity index (χ1v) is 22.8. The molecule has 0 spiro atoms. The molecule has 1 unspecified atom stereocenters. The van der Waals surface area contributed by atoms with Gasteiger partial charge in [0.15, 0.2) is 6.29 Å². The number of rotatable bonds is 36. The lowest BCUT2D eigenvalue weighted by Gasteiger charge is -2.43. The van der Waals surface area contributed by atoms with Gasteiger partial charge in [0.25, 0.3) is 0 Å². The van der Waals surface area contributed by atoms with Crippen LogP contribution in [0.25, 0.3) is 0 Å². The third-order valence-corrected chi connectivity index (χ3v) is 10.9. The Bertz CT molecular complexity index is 1280. The second-order valence-electron chi connectivity index (χ2n) is 16.5. The molecule has 0 aromatic rings. The highest BCUT2D eigenvalue weighted by molar-refractivity contribution is 5.89. The van der Waals surface area contributed by atoms with Gasteiger partial charge in [-0.15, -0.1) is 0 Å². The normalized spacial score (nSPS) is 20.8. The standard InChI is InChI=1S/C43H80N6O12/c1-5-6-7-8-9-10-11-12-13-14-15-16-17-18-19-23-35(52)45-26-21-20-22-33(42(57)58)48-36(53)25-24-32(40(44)55)49-41(56)30(3)46-27-29(2)60-39-37(47-31(4)51)43(59)61-34(28-50)38(39)54/h29-30,32-34,37-39,43,46,50,54,59H,5-28H2,1-4H3,(H2,44,55)(H,45,52)(H,47,51)(H,48,53)(H,49,56)(H,57,58)/t29?,30-,32+,33-,34+,37+,38+,39+,43-/m0/s1. The van der Waals surface area contributed by atoms with E-state index in [1.807, 2.05) is 0 Å². The van der Waals surface area contributed by atoms with Crippen molar-refractivity contribution in [2.45, 2.75) is 217 Å². The molecule has 354 valence electrons. The summed E-state index contributed by atoms with van der Waals surface area (Å²) in [6.45, 7) is 6.41. The molecule has 0 aromatic carbocycles. The lowest BCUT2D eigenvalue weighted by Crippen LogP contribution is -2.65. The van der Waals surface area contributed by atoms with Gasteiger partial charge in [-0.2, -0.15) is 0 Å². The first-order chi connectivity index (χ1) is 29.1. The van der Waals surface area contributed by atoms with Crippen LogP contribution in [0.3, 0.4) is 0 Å². The van der Waals surface area contributed by atoms with Crippen molar-refractivity contribution >= 4 is 35.5 Å². The van der Waals surface area contributed by atoms with E-state index in [4.69, 9.17) is 15.2 Å². The number of aliphatic hydroxyl groups excluding tert-OH is 3. The molecule has 1 fully saturated rings. The summed E-state index contributed by atoms with van der Waals surface area (Å²) in [7, 11) is 0. The molecule has 1 aliphatic rings. The molecule has 18 nitrogen and oxygen atoms in total. The number of primary amides is 1. The Hall–Kier alpha value is -3.42. The van der Waals surface area contributed by atoms with E-state index < -0.39 is 91.1 Å². The summed E-state index contributed by atoms with van der Waals surface area (Å²) in [6.07, 6.45) is 14.0. The number of hydrogen-bond donors (Lipinski definition) is 10. The van der Waals surface area contributed by atoms with Gasteiger partial charge in [-0.1, -0.05) is 96.8 Å². The molecule has 0 radical (unpaired) electrons. The number of carboxylic acid groups (broad SMARTS) is 1. The molecule has 0 aromatic heterocycles. The molecule has 1 heterocycles. The highest BCUT2D eigenvalue weighted by Crippen LogP contribution is 2.24. The van der Waals surface area contributed by atoms with Crippen LogP contribution in [0.4, 0.5) is 0 Å². The number of nitrogens with one attached hydrogen (secondary N) is 5. The van der Waals surface area contributed by atoms with Crippen LogP contribution in [0.5, 0.6) is 0 Å². The average Bonchev–Trinajstić information content (AvgIpc) is 3.21. The van der Waals surface area contributed by atoms with Gasteiger partial charge in [-0.3, -0.25) is 24.0 Å². The van der Waals surface area contributed by atoms with E-state index in [0.29, 0.717) is 25.8 Å². The number of nitrogens with two attached hydrogens (primary N) is 1. The molecule has 1 rings (SSSR count). The third kappa shape index (κ3) is 25.3. The van der Waals surface area contributed by atoms with Gasteiger partial charge in [0.2, 0.25) is 29.5 Å². The Kier molecular flexibility index (Phi) is 30.2. The third-order valence-electron chi connectivity index (χ3n) is 10.9. The zero-order valence-electron chi connectivity index (χ0n) is 37.3. The largest absolute Gasteiger partial charge is 0.480 e. The maximum absolute atomic E-state index is 12.9. The summed E-state index contributed by atoms with van der Waals surface area (Å²) in [6, 6.07) is -4.44. The minimum Gasteiger partial charge on any atom is -0.480 e. The van der Waals surface area contributed by atoms with Gasteiger partial charge in [0.05, 0.1) is 18.8 Å². The summed E-state index contributed by atoms with van der Waals surface area (Å²) in [5.41, 5.74) is 5.49. The lowest BCUT2D eigenvalue weighted by atomic mass is 9.96. The van der Waals surface area contributed by atoms with E-state index in [1.165, 1.54) is 90.9 Å². The quantitative estimate of drug-likeness (QED) is 0.0405. The number of unbranched alkanes of at least 4 members (excludes halogenated alkanes) is 15. The molecule has 5 amide bonds. The van der Waals surface area contributed by atoms with Crippen molar-refractivity contribution in [2.75, 3.05) is 19.7 Å². The fourth-order valence-corrected chi connectivity index (χ4v) is 7.21. The predicted molar refractivity (Wildman–Crippen MR) is 230 cm³/mol. The Labute approximate surface area is 363 Å². The van der Waals surface area contributed by atoms with Crippen molar-refractivity contribution in [1.29, 1.82) is 0 Å². The molecule has 0 aliphatic carbocycles. The highest BCUT2D eigenvalue weighted by atomic mass is 16.6. The summed E-state index contributed by atoms with van der Waals surface area (Å²) in [5.74, 6) is -3.90. The van der Waals surface area contributed by atoms with Crippen molar-refractivity contribution in [2.24, 2.45) is 5.73 Å². The minimum absolute atomic E-state index is 0.0222. The van der Waals surface area contributed by atoms with Crippen LogP contribution in [0.15, 0.2) is 0 Å². The van der Waals surface area contributed by atoms with E-state index in [2.05, 4.69) is 33.5 Å². The van der Waals surface area contributed by atoms with Crippen LogP contribution in [0.1, 0.15) is 163 Å². The molecular weight excluding hydrogens is 793 g/mol. The fourth-order valence-electron chi connectivity index (χ4n) is 7.21. The van der Waals surface area contributed by atoms with Crippen molar-refractivity contribution in [3.05, 3.63) is 0 Å². The number of ether oxygens (including phenoxy) is 2. The predicted octanol–water partition coefficient (Wildman–Crippen LogP) is 2.18. The molecule has 0 bridgehead atoms. The van der Waals surface area contributed by atoms with Crippen LogP contribution in [0, 0.1) is 0 Å². The molecule has 61 heavy (non-hydrogen) atoms. The van der Waals surface area contributed by atoms with Gasteiger partial charge in [-0.25, -0.2) is 4.79 Å². The maximum atomic E-state index is 12.9. The van der Waals surface area contributed by atoms with Crippen LogP contribution < -0.4 is 32.3 Å². The minimum atomic E-state index is -1.56. The highest BCUT2D eigenvalue weighted by Gasteiger charge is 2.46. The SMILES string of the molecule is CCCCCCCCCCCCCCCCCC(=O)NCCCC[C@H](NC(=O)CC[C@@H](NC(=O)[C@H](C)NCC(C)O[C@H]1[C@H](O)[C@@H](CO)O[C@H](O)[C@@H]1NC(C)=O)C(N)=O)C(=O)O. The van der Waals surface area contributed by atoms with Gasteiger partial charge in [-0.05, 0) is 46.0 Å². The van der Waals surface area contributed by atoms with Crippen LogP contribution in [-0.4, -0.2) is 131 Å². The van der Waals surface area contributed by atoms with Crippen LogP contribution in [0.2, 0.25) is 0 Å². The van der Waals surface area contributed by atoms with Gasteiger partial charge < -0.3 is 62.2 Å². The van der Waals surface area contributed by atoms with Crippen LogP contribution in [-0.2, 0) is 38.2 Å². The van der Waals surface area contributed by atoms with Gasteiger partial charge >= 0.3 is 5.97 Å². The molecule has 0 saturated carbocycles. The van der Waals surface area contributed by atoms with E-state index in [9.17, 15) is 49.2 Å². The molecule has 9 atom stereocenters. The molecular formula is C43H80N6O12. The maximum Gasteiger partial charge on any atom is 0.326 e. The fraction of sp³-hybridized carbons (Fsp3) is 0.860. The number of carbonyl (C=O) groups excluding carboxylic acids is 5. The number of hydrogen-bond acceptors (Lipinski definition) is 12. The zero-order valence-corrected chi connectivity index (χ0v) is 37.3. The Morgan fingerprint density at radius 2 is 1.31 bits per heavy atom. The van der Waals surface area contributed by atoms with Crippen molar-refractivity contribution in [3.63, 3.8) is 0 Å².